The standard InChI is InChI=1S/C22H26Cl2N2O4/c1-14(2)25-22(28)15(3)26(12-16-17(23)8-7-9-18(16)24)21(27)13-30-20-11-6-5-10-19(20)29-4/h5-11,14-15H,12-13H2,1-4H3,(H,25,28)/t15-/m1/s1. The van der Waals surface area contributed by atoms with Gasteiger partial charge in [-0.25, -0.2) is 0 Å². The number of nitrogens with zero attached hydrogens (tertiary/aromatic N) is 1. The van der Waals surface area contributed by atoms with Gasteiger partial charge in [0.25, 0.3) is 5.91 Å². The first-order chi connectivity index (χ1) is 14.2. The maximum Gasteiger partial charge on any atom is 0.261 e. The summed E-state index contributed by atoms with van der Waals surface area (Å²) in [5, 5.41) is 3.66. The molecule has 2 rings (SSSR count). The second kappa shape index (κ2) is 11.1. The Balaban J connectivity index is 2.25. The number of carbonyl (C=O) groups is 2. The Kier molecular flexibility index (Phi) is 8.81. The molecule has 0 saturated carbocycles. The van der Waals surface area contributed by atoms with Crippen molar-refractivity contribution in [2.24, 2.45) is 0 Å². The summed E-state index contributed by atoms with van der Waals surface area (Å²) in [6.07, 6.45) is 0. The van der Waals surface area contributed by atoms with Crippen molar-refractivity contribution < 1.29 is 19.1 Å². The predicted molar refractivity (Wildman–Crippen MR) is 118 cm³/mol. The van der Waals surface area contributed by atoms with Crippen molar-refractivity contribution in [3.63, 3.8) is 0 Å². The van der Waals surface area contributed by atoms with Crippen molar-refractivity contribution in [3.05, 3.63) is 58.1 Å². The van der Waals surface area contributed by atoms with Crippen LogP contribution in [-0.2, 0) is 16.1 Å². The molecule has 2 aromatic carbocycles. The van der Waals surface area contributed by atoms with Gasteiger partial charge in [-0.05, 0) is 45.0 Å². The van der Waals surface area contributed by atoms with Gasteiger partial charge in [0.1, 0.15) is 6.04 Å². The number of halogens is 2. The number of carbonyl (C=O) groups excluding carboxylic acids is 2. The predicted octanol–water partition coefficient (Wildman–Crippen LogP) is 4.32. The molecule has 0 radical (unpaired) electrons. The monoisotopic (exact) mass is 452 g/mol. The van der Waals surface area contributed by atoms with Crippen molar-refractivity contribution in [2.45, 2.75) is 39.4 Å². The van der Waals surface area contributed by atoms with Gasteiger partial charge in [0, 0.05) is 28.2 Å². The Morgan fingerprint density at radius 2 is 1.60 bits per heavy atom. The van der Waals surface area contributed by atoms with Crippen LogP contribution in [0.3, 0.4) is 0 Å². The number of amides is 2. The van der Waals surface area contributed by atoms with Crippen LogP contribution >= 0.6 is 23.2 Å². The number of ether oxygens (including phenoxy) is 2. The molecule has 1 N–H and O–H groups in total. The highest BCUT2D eigenvalue weighted by Gasteiger charge is 2.28. The summed E-state index contributed by atoms with van der Waals surface area (Å²) in [7, 11) is 1.52. The highest BCUT2D eigenvalue weighted by molar-refractivity contribution is 6.36. The van der Waals surface area contributed by atoms with Crippen molar-refractivity contribution >= 4 is 35.0 Å². The lowest BCUT2D eigenvalue weighted by atomic mass is 10.1. The molecule has 0 saturated heterocycles. The zero-order valence-corrected chi connectivity index (χ0v) is 19.0. The Hall–Kier alpha value is -2.44. The van der Waals surface area contributed by atoms with Gasteiger partial charge in [0.05, 0.1) is 7.11 Å². The van der Waals surface area contributed by atoms with Crippen LogP contribution in [0.5, 0.6) is 11.5 Å². The van der Waals surface area contributed by atoms with Crippen molar-refractivity contribution in [2.75, 3.05) is 13.7 Å². The topological polar surface area (TPSA) is 67.9 Å². The van der Waals surface area contributed by atoms with E-state index in [-0.39, 0.29) is 31.0 Å². The lowest BCUT2D eigenvalue weighted by Gasteiger charge is -2.30. The summed E-state index contributed by atoms with van der Waals surface area (Å²) in [5.41, 5.74) is 0.565. The maximum atomic E-state index is 13.1. The molecule has 0 heterocycles. The van der Waals surface area contributed by atoms with Gasteiger partial charge in [-0.15, -0.1) is 0 Å². The molecule has 0 fully saturated rings. The molecule has 162 valence electrons. The SMILES string of the molecule is COc1ccccc1OCC(=O)N(Cc1c(Cl)cccc1Cl)[C@H](C)C(=O)NC(C)C. The molecule has 0 aliphatic carbocycles. The third-order valence-electron chi connectivity index (χ3n) is 4.41. The summed E-state index contributed by atoms with van der Waals surface area (Å²) in [5.74, 6) is 0.280. The molecular formula is C22H26Cl2N2O4. The number of nitrogens with one attached hydrogen (secondary N) is 1. The normalized spacial score (nSPS) is 11.7. The number of hydrogen-bond acceptors (Lipinski definition) is 4. The quantitative estimate of drug-likeness (QED) is 0.614. The van der Waals surface area contributed by atoms with Crippen LogP contribution in [0.25, 0.3) is 0 Å². The number of hydrogen-bond donors (Lipinski definition) is 1. The number of para-hydroxylation sites is 2. The van der Waals surface area contributed by atoms with Crippen molar-refractivity contribution in [1.82, 2.24) is 10.2 Å². The van der Waals surface area contributed by atoms with Crippen LogP contribution in [0.15, 0.2) is 42.5 Å². The van der Waals surface area contributed by atoms with Gasteiger partial charge in [-0.2, -0.15) is 0 Å². The highest BCUT2D eigenvalue weighted by atomic mass is 35.5. The summed E-state index contributed by atoms with van der Waals surface area (Å²) in [6, 6.07) is 11.3. The van der Waals surface area contributed by atoms with Crippen molar-refractivity contribution in [3.8, 4) is 11.5 Å². The Morgan fingerprint density at radius 1 is 1.00 bits per heavy atom. The first-order valence-electron chi connectivity index (χ1n) is 9.53. The van der Waals surface area contributed by atoms with Gasteiger partial charge in [0.15, 0.2) is 18.1 Å². The molecule has 0 unspecified atom stereocenters. The molecular weight excluding hydrogens is 427 g/mol. The number of methoxy groups -OCH3 is 1. The van der Waals surface area contributed by atoms with Crippen LogP contribution in [0, 0.1) is 0 Å². The first kappa shape index (κ1) is 23.8. The smallest absolute Gasteiger partial charge is 0.261 e. The minimum Gasteiger partial charge on any atom is -0.493 e. The minimum absolute atomic E-state index is 0.0642. The molecule has 2 aromatic rings. The van der Waals surface area contributed by atoms with E-state index in [1.54, 1.807) is 49.4 Å². The third kappa shape index (κ3) is 6.28. The first-order valence-corrected chi connectivity index (χ1v) is 10.3. The molecule has 0 spiro atoms. The fourth-order valence-electron chi connectivity index (χ4n) is 2.80. The molecule has 0 bridgehead atoms. The molecule has 0 aliphatic rings. The van der Waals surface area contributed by atoms with E-state index in [2.05, 4.69) is 5.32 Å². The molecule has 8 heteroatoms. The molecule has 6 nitrogen and oxygen atoms in total. The maximum absolute atomic E-state index is 13.1. The fraction of sp³-hybridized carbons (Fsp3) is 0.364. The molecule has 1 atom stereocenters. The molecule has 0 aliphatic heterocycles. The zero-order valence-electron chi connectivity index (χ0n) is 17.4. The molecule has 0 aromatic heterocycles. The average Bonchev–Trinajstić information content (AvgIpc) is 2.71. The van der Waals surface area contributed by atoms with Gasteiger partial charge < -0.3 is 19.7 Å². The number of rotatable bonds is 9. The lowest BCUT2D eigenvalue weighted by molar-refractivity contribution is -0.142. The van der Waals surface area contributed by atoms with Gasteiger partial charge in [0.2, 0.25) is 5.91 Å². The second-order valence-corrected chi connectivity index (χ2v) is 7.82. The van der Waals surface area contributed by atoms with Crippen LogP contribution < -0.4 is 14.8 Å². The average molecular weight is 453 g/mol. The van der Waals surface area contributed by atoms with E-state index in [9.17, 15) is 9.59 Å². The van der Waals surface area contributed by atoms with Gasteiger partial charge in [-0.1, -0.05) is 41.4 Å². The fourth-order valence-corrected chi connectivity index (χ4v) is 3.32. The van der Waals surface area contributed by atoms with E-state index in [0.717, 1.165) is 0 Å². The Bertz CT molecular complexity index is 869. The zero-order chi connectivity index (χ0) is 22.3. The largest absolute Gasteiger partial charge is 0.493 e. The van der Waals surface area contributed by atoms with Gasteiger partial charge in [-0.3, -0.25) is 9.59 Å². The summed E-state index contributed by atoms with van der Waals surface area (Å²) < 4.78 is 10.9. The summed E-state index contributed by atoms with van der Waals surface area (Å²) in [4.78, 5) is 27.1. The van der Waals surface area contributed by atoms with E-state index < -0.39 is 6.04 Å². The summed E-state index contributed by atoms with van der Waals surface area (Å²) in [6.45, 7) is 5.16. The van der Waals surface area contributed by atoms with E-state index in [0.29, 0.717) is 27.1 Å². The van der Waals surface area contributed by atoms with E-state index in [1.165, 1.54) is 12.0 Å². The van der Waals surface area contributed by atoms with Crippen molar-refractivity contribution in [1.29, 1.82) is 0 Å². The lowest BCUT2D eigenvalue weighted by Crippen LogP contribution is -2.50. The van der Waals surface area contributed by atoms with Crippen LogP contribution in [-0.4, -0.2) is 42.5 Å². The highest BCUT2D eigenvalue weighted by Crippen LogP contribution is 2.28. The van der Waals surface area contributed by atoms with Crippen LogP contribution in [0.4, 0.5) is 0 Å². The van der Waals surface area contributed by atoms with E-state index in [4.69, 9.17) is 32.7 Å². The number of benzene rings is 2. The van der Waals surface area contributed by atoms with E-state index >= 15 is 0 Å². The van der Waals surface area contributed by atoms with E-state index in [1.807, 2.05) is 13.8 Å². The Labute approximate surface area is 187 Å². The minimum atomic E-state index is -0.756. The summed E-state index contributed by atoms with van der Waals surface area (Å²) >= 11 is 12.6. The molecule has 2 amide bonds. The second-order valence-electron chi connectivity index (χ2n) is 7.00. The van der Waals surface area contributed by atoms with Gasteiger partial charge >= 0.3 is 0 Å². The molecule has 30 heavy (non-hydrogen) atoms. The Morgan fingerprint density at radius 3 is 2.17 bits per heavy atom. The van der Waals surface area contributed by atoms with Crippen LogP contribution in [0.2, 0.25) is 10.0 Å². The van der Waals surface area contributed by atoms with Crippen LogP contribution in [0.1, 0.15) is 26.3 Å². The third-order valence-corrected chi connectivity index (χ3v) is 5.12.